The van der Waals surface area contributed by atoms with Crippen molar-refractivity contribution < 1.29 is 15.7 Å². The van der Waals surface area contributed by atoms with Crippen molar-refractivity contribution in [3.05, 3.63) is 31.9 Å². The Labute approximate surface area is 539 Å². The van der Waals surface area contributed by atoms with E-state index in [0.29, 0.717) is 28.4 Å². The fourth-order valence-electron chi connectivity index (χ4n) is 13.4. The van der Waals surface area contributed by atoms with Crippen molar-refractivity contribution in [2.24, 2.45) is 0 Å². The summed E-state index contributed by atoms with van der Waals surface area (Å²) >= 11 is -4.14. The van der Waals surface area contributed by atoms with Gasteiger partial charge in [-0.3, -0.25) is 14.9 Å². The van der Waals surface area contributed by atoms with Gasteiger partial charge in [0.1, 0.15) is 0 Å². The molecule has 0 unspecified atom stereocenters. The molecule has 0 aliphatic heterocycles. The molecule has 0 bridgehead atoms. The molecule has 1 N–H and O–H groups in total. The third-order valence-electron chi connectivity index (χ3n) is 19.1. The molecule has 0 saturated carbocycles. The van der Waals surface area contributed by atoms with E-state index in [1.807, 2.05) is 0 Å². The van der Waals surface area contributed by atoms with Gasteiger partial charge in [-0.05, 0) is 61.6 Å². The van der Waals surface area contributed by atoms with Crippen LogP contribution in [0.3, 0.4) is 0 Å². The minimum absolute atomic E-state index is 0.251. The Kier molecular flexibility index (Phi) is 63.1. The second kappa shape index (κ2) is 65.6. The number of benzene rings is 1. The number of imide groups is 1. The highest BCUT2D eigenvalue weighted by Crippen LogP contribution is 2.35. The molecule has 6 heteroatoms. The lowest BCUT2D eigenvalue weighted by Gasteiger charge is -2.20. The lowest BCUT2D eigenvalue weighted by molar-refractivity contribution is -0.120. The minimum Gasteiger partial charge on any atom is -0.292 e. The average Bonchev–Trinajstić information content (AvgIpc) is 2.16. The molecule has 0 aliphatic rings. The largest absolute Gasteiger partial charge is 0.341 e. The van der Waals surface area contributed by atoms with Gasteiger partial charge in [0, 0.05) is 6.42 Å². The van der Waals surface area contributed by atoms with E-state index < -0.39 is 25.7 Å². The highest BCUT2D eigenvalue weighted by Gasteiger charge is 2.27. The van der Waals surface area contributed by atoms with E-state index in [4.69, 9.17) is 0 Å². The Balaban J connectivity index is 3.03. The van der Waals surface area contributed by atoms with Crippen molar-refractivity contribution in [3.8, 4) is 0 Å². The number of amides is 2. The van der Waals surface area contributed by atoms with Crippen molar-refractivity contribution in [2.45, 2.75) is 458 Å². The maximum Gasteiger partial charge on any atom is 0.341 e. The maximum absolute atomic E-state index is 14.7. The molecule has 500 valence electrons. The van der Waals surface area contributed by atoms with Crippen LogP contribution in [0.5, 0.6) is 0 Å². The molecule has 2 amide bonds. The number of carbonyl (C=O) groups is 2. The smallest absolute Gasteiger partial charge is 0.292 e. The Bertz CT molecular complexity index is 1660. The van der Waals surface area contributed by atoms with Crippen LogP contribution >= 0.6 is 19.8 Å². The van der Waals surface area contributed by atoms with Gasteiger partial charge in [-0.15, -0.1) is 0 Å². The molecule has 1 aromatic rings. The van der Waals surface area contributed by atoms with Crippen molar-refractivity contribution >= 4 is 31.6 Å². The van der Waals surface area contributed by atoms with Crippen LogP contribution in [0.1, 0.15) is 466 Å². The van der Waals surface area contributed by atoms with E-state index in [1.165, 1.54) is 352 Å². The summed E-state index contributed by atoms with van der Waals surface area (Å²) in [6, 6.07) is 2.24. The van der Waals surface area contributed by atoms with Crippen molar-refractivity contribution in [3.63, 3.8) is 0 Å². The summed E-state index contributed by atoms with van der Waals surface area (Å²) in [6.07, 6.45) is 84.7. The first-order chi connectivity index (χ1) is 41.9. The number of nitrogens with one attached hydrogen (secondary N) is 1. The number of carbonyl (C=O) groups excluding carboxylic acids is 2. The topological polar surface area (TPSA) is 80.3 Å². The zero-order valence-corrected chi connectivity index (χ0v) is 60.1. The molecule has 0 atom stereocenters. The summed E-state index contributed by atoms with van der Waals surface area (Å²) in [4.78, 5) is 28.3. The molecular formula is C79H148INO4. The van der Waals surface area contributed by atoms with Crippen LogP contribution in [0.25, 0.3) is 0 Å². The van der Waals surface area contributed by atoms with Crippen LogP contribution in [0.2, 0.25) is 0 Å². The lowest BCUT2D eigenvalue weighted by atomic mass is 9.88. The molecule has 0 fully saturated rings. The summed E-state index contributed by atoms with van der Waals surface area (Å²) in [5, 5.41) is 2.81. The number of hydrogen-bond acceptors (Lipinski definition) is 4. The molecule has 5 nitrogen and oxygen atoms in total. The lowest BCUT2D eigenvalue weighted by Crippen LogP contribution is -2.32. The van der Waals surface area contributed by atoms with Gasteiger partial charge < -0.3 is 0 Å². The number of aryl methyl sites for hydroxylation is 2. The van der Waals surface area contributed by atoms with Crippen LogP contribution < -0.4 is 5.32 Å². The second-order valence-electron chi connectivity index (χ2n) is 27.3. The standard InChI is InChI=1S/C79H148INO4/c1-5-9-13-17-21-25-29-33-37-41-44-48-52-56-60-64-68-73-72-74(69-65-61-57-53-49-45-42-38-34-30-26-22-18-14-10-6-2)78(80(84)85)77(75(73)70-66-62-58-54-50-46-43-39-35-31-27-23-19-15-11-7-3)79(83)81-76(82)71-67-63-59-55-51-47-40-36-32-28-24-20-16-12-8-4/h72H,5-71H2,1-4H3,(H,81,82,83). The molecule has 0 radical (unpaired) electrons. The molecular weight excluding hydrogens is 1150 g/mol. The van der Waals surface area contributed by atoms with E-state index in [-0.39, 0.29) is 5.91 Å². The van der Waals surface area contributed by atoms with Gasteiger partial charge in [-0.25, -0.2) is 6.14 Å². The second-order valence-corrected chi connectivity index (χ2v) is 29.6. The van der Waals surface area contributed by atoms with Gasteiger partial charge in [0.05, 0.1) is 9.13 Å². The first-order valence-corrected chi connectivity index (χ1v) is 41.8. The summed E-state index contributed by atoms with van der Waals surface area (Å²) in [7, 11) is 0. The monoisotopic (exact) mass is 1300 g/mol. The number of halogens is 1. The van der Waals surface area contributed by atoms with E-state index in [9.17, 15) is 15.7 Å². The first kappa shape index (κ1) is 81.7. The highest BCUT2D eigenvalue weighted by molar-refractivity contribution is 14.2. The SMILES string of the molecule is CCCCCCCCCCCCCCCCCCc1cc(CCCCCCCCCCCCCCCCCC)c(I(=O)=O)c(C(=O)NC(=O)CCCCCCCCCCCCCCCCC)c1CCCCCCCCCCCCCCCCCC. The molecule has 0 heterocycles. The van der Waals surface area contributed by atoms with Crippen LogP contribution in [-0.4, -0.2) is 11.8 Å². The molecule has 0 aromatic heterocycles. The number of unbranched alkanes of at least 4 members (excludes halogenated alkanes) is 59. The summed E-state index contributed by atoms with van der Waals surface area (Å²) in [5.74, 6) is -0.706. The molecule has 0 saturated heterocycles. The molecule has 0 aliphatic carbocycles. The van der Waals surface area contributed by atoms with Gasteiger partial charge in [0.2, 0.25) is 5.91 Å². The van der Waals surface area contributed by atoms with E-state index in [2.05, 4.69) is 39.1 Å². The van der Waals surface area contributed by atoms with Crippen LogP contribution in [0, 0.1) is 3.57 Å². The molecule has 1 aromatic carbocycles. The fourth-order valence-corrected chi connectivity index (χ4v) is 15.4. The van der Waals surface area contributed by atoms with Gasteiger partial charge in [-0.1, -0.05) is 413 Å². The predicted octanol–water partition coefficient (Wildman–Crippen LogP) is 28.0. The van der Waals surface area contributed by atoms with E-state index >= 15 is 0 Å². The third-order valence-corrected chi connectivity index (χ3v) is 21.2. The number of rotatable bonds is 69. The van der Waals surface area contributed by atoms with Crippen molar-refractivity contribution in [2.75, 3.05) is 0 Å². The zero-order chi connectivity index (χ0) is 61.4. The Morgan fingerprint density at radius 2 is 0.494 bits per heavy atom. The van der Waals surface area contributed by atoms with E-state index in [0.717, 1.165) is 75.3 Å². The predicted molar refractivity (Wildman–Crippen MR) is 382 cm³/mol. The minimum atomic E-state index is -4.14. The maximum atomic E-state index is 14.7. The van der Waals surface area contributed by atoms with Gasteiger partial charge >= 0.3 is 19.8 Å². The van der Waals surface area contributed by atoms with E-state index in [1.54, 1.807) is 0 Å². The normalized spacial score (nSPS) is 11.7. The summed E-state index contributed by atoms with van der Waals surface area (Å²) in [5.41, 5.74) is 3.31. The van der Waals surface area contributed by atoms with Crippen LogP contribution in [-0.2, 0) is 30.2 Å². The Hall–Kier alpha value is -1.31. The number of hydrogen-bond donors (Lipinski definition) is 1. The van der Waals surface area contributed by atoms with Gasteiger partial charge in [0.15, 0.2) is 0 Å². The van der Waals surface area contributed by atoms with Gasteiger partial charge in [-0.2, -0.15) is 0 Å². The summed E-state index contributed by atoms with van der Waals surface area (Å²) < 4.78 is 27.7. The Morgan fingerprint density at radius 3 is 0.741 bits per heavy atom. The van der Waals surface area contributed by atoms with Gasteiger partial charge in [0.25, 0.3) is 5.91 Å². The van der Waals surface area contributed by atoms with Crippen molar-refractivity contribution in [1.82, 2.24) is 5.32 Å². The summed E-state index contributed by atoms with van der Waals surface area (Å²) in [6.45, 7) is 9.17. The van der Waals surface area contributed by atoms with Crippen LogP contribution in [0.15, 0.2) is 6.07 Å². The van der Waals surface area contributed by atoms with Crippen LogP contribution in [0.4, 0.5) is 0 Å². The quantitative estimate of drug-likeness (QED) is 0.0521. The molecule has 85 heavy (non-hydrogen) atoms. The Morgan fingerprint density at radius 1 is 0.282 bits per heavy atom. The molecule has 0 spiro atoms. The fraction of sp³-hybridized carbons (Fsp3) is 0.899. The average molecular weight is 1300 g/mol. The van der Waals surface area contributed by atoms with Crippen molar-refractivity contribution in [1.29, 1.82) is 0 Å². The molecule has 1 rings (SSSR count). The zero-order valence-electron chi connectivity index (χ0n) is 58.0. The first-order valence-electron chi connectivity index (χ1n) is 39.0. The third kappa shape index (κ3) is 52.1. The highest BCUT2D eigenvalue weighted by atomic mass is 127.